The van der Waals surface area contributed by atoms with Gasteiger partial charge in [-0.25, -0.2) is 24.2 Å². The molecule has 0 unspecified atom stereocenters. The molecular weight excluding hydrogens is 1880 g/mol. The van der Waals surface area contributed by atoms with Crippen LogP contribution in [0.2, 0.25) is 0 Å². The van der Waals surface area contributed by atoms with Crippen LogP contribution in [0, 0.1) is 17.8 Å². The molecule has 0 bridgehead atoms. The van der Waals surface area contributed by atoms with Crippen LogP contribution in [0.15, 0.2) is 79.6 Å². The number of amides is 15. The molecule has 6 rings (SSSR count). The van der Waals surface area contributed by atoms with Crippen molar-refractivity contribution in [2.24, 2.45) is 17.8 Å². The van der Waals surface area contributed by atoms with Crippen molar-refractivity contribution in [1.82, 2.24) is 115 Å². The largest absolute Gasteiger partial charge is 0.481 e. The lowest BCUT2D eigenvalue weighted by atomic mass is 9.98. The first-order valence-electron chi connectivity index (χ1n) is 45.0. The third-order valence-corrected chi connectivity index (χ3v) is 23.8. The number of benzene rings is 2. The molecule has 50 nitrogen and oxygen atoms in total. The second kappa shape index (κ2) is 57.8. The fourth-order valence-corrected chi connectivity index (χ4v) is 16.4. The molecule has 2 aromatic carbocycles. The molecule has 0 saturated heterocycles. The fourth-order valence-electron chi connectivity index (χ4n) is 14.1. The number of nitrogens with zero attached hydrogens (tertiary/aromatic N) is 4. The van der Waals surface area contributed by atoms with E-state index >= 15 is 9.59 Å². The number of nitrogens with one attached hydrogen (secondary N) is 18. The molecule has 0 radical (unpaired) electrons. The standard InChI is InChI=1S/C88H124N22O28S2/c1-44(2)29-61(96-49(9)112)76(122)93-38-69(114)97-58(23-25-70(115)116)78(124)100-62(30-45(3)4)81(127)106-73(46(5)6)84(130)101-64(32-51-35-91-57-20-13-11-18-55(51)57)79(125)103-67(83(129)107-74(48(8)111)87(135)136)42-140-139-41-66(82(128)95-47(7)75(121)99-63(77(123)92-37-52-36-89-43-94-52)31-50-34-90-56-19-12-10-17-54(50)56)102-80(126)65(33-72(119)120)98-68(113)22-16-28-138-40-53-39-110(109-108-53)27-15-14-21-59(85(131)132)104-88(137)105-60(86(133)134)24-26-71(117)118/h10-13,17-20,34-36,39,43-48,58-67,73-74,90-91,111H,14-16,21-33,37-38,40-42H2,1-9H3,(H,89,94)(H,92,123)(H,93,122)(H,95,128)(H,96,112)(H,97,114)(H,98,113)(H,99,121)(H,100,124)(H,101,130)(H,102,126)(H,103,125)(H,106,127)(H,107,129)(H,115,116)(H,117,118)(H,119,120)(H,131,132)(H,133,134)(H,135,136)(H2,104,105,137)/t47-,48+,58-,59-,60-,61-,62-,63-,64-,65-,66-,67-,73-,74-/m0/s1. The Bertz CT molecular complexity index is 5280. The highest BCUT2D eigenvalue weighted by Crippen LogP contribution is 2.26. The van der Waals surface area contributed by atoms with E-state index in [0.717, 1.165) is 12.3 Å². The molecule has 0 spiro atoms. The third kappa shape index (κ3) is 40.0. The molecule has 52 heteroatoms. The molecule has 4 heterocycles. The van der Waals surface area contributed by atoms with E-state index in [1.807, 2.05) is 0 Å². The molecular formula is C88H124N22O28S2. The SMILES string of the molecule is CC(=O)N[C@@H](CC(C)C)C(=O)NCC(=O)N[C@@H](CCC(=O)O)C(=O)N[C@@H](CC(C)C)C(=O)N[C@H](C(=O)N[C@@H](Cc1c[nH]c2ccccc12)C(=O)N[C@@H](CSSC[C@H](NC(=O)[C@H](CC(=O)O)NC(=O)CCCOCc1cn(CCCC[C@H](NC(=O)N[C@@H](CCC(=O)O)C(=O)O)C(=O)O)nn1)C(=O)N[C@@H](C)C(=O)N[C@@H](Cc1c[nH]c2ccccc12)C(=O)NCc1c[nH]cn1)C(=O)N[C@H](C(=O)O)[C@@H](C)O)C(C)C. The van der Waals surface area contributed by atoms with Crippen molar-refractivity contribution >= 4 is 162 Å². The number of carboxylic acid groups (broad SMARTS) is 6. The number of H-pyrrole nitrogens is 3. The van der Waals surface area contributed by atoms with Gasteiger partial charge in [-0.2, -0.15) is 0 Å². The minimum Gasteiger partial charge on any atom is -0.481 e. The number of aliphatic hydroxyl groups is 1. The van der Waals surface area contributed by atoms with E-state index in [2.05, 4.69) is 110 Å². The summed E-state index contributed by atoms with van der Waals surface area (Å²) < 4.78 is 7.11. The van der Waals surface area contributed by atoms with Crippen LogP contribution in [0.1, 0.15) is 162 Å². The zero-order chi connectivity index (χ0) is 104. The number of aryl methyl sites for hydroxylation is 1. The number of ether oxygens (including phenoxy) is 1. The summed E-state index contributed by atoms with van der Waals surface area (Å²) in [5, 5.41) is 115. The van der Waals surface area contributed by atoms with Gasteiger partial charge in [0.2, 0.25) is 76.8 Å². The molecule has 6 aromatic rings. The molecule has 0 saturated carbocycles. The highest BCUT2D eigenvalue weighted by atomic mass is 33.1. The quantitative estimate of drug-likeness (QED) is 0.0156. The Morgan fingerprint density at radius 3 is 1.46 bits per heavy atom. The van der Waals surface area contributed by atoms with Crippen LogP contribution in [-0.4, -0.2) is 299 Å². The van der Waals surface area contributed by atoms with Gasteiger partial charge in [-0.3, -0.25) is 81.4 Å². The lowest BCUT2D eigenvalue weighted by Crippen LogP contribution is -2.61. The molecule has 140 heavy (non-hydrogen) atoms. The van der Waals surface area contributed by atoms with Crippen LogP contribution in [0.4, 0.5) is 4.79 Å². The summed E-state index contributed by atoms with van der Waals surface area (Å²) >= 11 is 0. The fraction of sp³-hybridized carbons (Fsp3) is 0.534. The number of unbranched alkanes of at least 4 members (excludes halogenated alkanes) is 1. The number of carbonyl (C=O) groups excluding carboxylic acids is 14. The number of rotatable bonds is 64. The lowest BCUT2D eigenvalue weighted by Gasteiger charge is -2.29. The first-order valence-corrected chi connectivity index (χ1v) is 47.5. The number of hydrogen-bond acceptors (Lipinski definition) is 27. The van der Waals surface area contributed by atoms with E-state index in [-0.39, 0.29) is 89.5 Å². The number of hydrogen-bond donors (Lipinski definition) is 25. The van der Waals surface area contributed by atoms with Gasteiger partial charge < -0.3 is 135 Å². The highest BCUT2D eigenvalue weighted by Gasteiger charge is 2.39. The summed E-state index contributed by atoms with van der Waals surface area (Å²) in [7, 11) is 1.42. The second-order valence-corrected chi connectivity index (χ2v) is 36.8. The van der Waals surface area contributed by atoms with Crippen LogP contribution in [0.5, 0.6) is 0 Å². The Balaban J connectivity index is 1.23. The second-order valence-electron chi connectivity index (χ2n) is 34.3. The van der Waals surface area contributed by atoms with Gasteiger partial charge >= 0.3 is 41.8 Å². The predicted octanol–water partition coefficient (Wildman–Crippen LogP) is -1.27. The minimum absolute atomic E-state index is 0.0347. The van der Waals surface area contributed by atoms with Gasteiger partial charge in [0.15, 0.2) is 6.04 Å². The van der Waals surface area contributed by atoms with Crippen LogP contribution in [-0.2, 0) is 128 Å². The van der Waals surface area contributed by atoms with Crippen molar-refractivity contribution in [3.63, 3.8) is 0 Å². The predicted molar refractivity (Wildman–Crippen MR) is 501 cm³/mol. The summed E-state index contributed by atoms with van der Waals surface area (Å²) in [6, 6.07) is -8.18. The van der Waals surface area contributed by atoms with E-state index in [1.54, 1.807) is 82.4 Å². The molecule has 0 aliphatic heterocycles. The van der Waals surface area contributed by atoms with Gasteiger partial charge in [-0.15, -0.1) is 5.10 Å². The van der Waals surface area contributed by atoms with E-state index < -0.39 is 259 Å². The van der Waals surface area contributed by atoms with Crippen molar-refractivity contribution in [2.75, 3.05) is 24.7 Å². The maximum atomic E-state index is 15.3. The van der Waals surface area contributed by atoms with Crippen molar-refractivity contribution in [3.8, 4) is 0 Å². The topological polar surface area (TPSA) is 764 Å². The van der Waals surface area contributed by atoms with E-state index in [1.165, 1.54) is 57.3 Å². The van der Waals surface area contributed by atoms with E-state index in [9.17, 15) is 117 Å². The Morgan fingerprint density at radius 1 is 0.443 bits per heavy atom. The number of aliphatic carboxylic acids is 6. The minimum atomic E-state index is -2.03. The number of carbonyl (C=O) groups is 20. The zero-order valence-electron chi connectivity index (χ0n) is 78.5. The van der Waals surface area contributed by atoms with Crippen LogP contribution >= 0.6 is 21.6 Å². The molecule has 0 fully saturated rings. The van der Waals surface area contributed by atoms with Gasteiger partial charge in [-0.05, 0) is 106 Å². The first-order chi connectivity index (χ1) is 66.2. The number of aromatic amines is 3. The van der Waals surface area contributed by atoms with E-state index in [4.69, 9.17) is 9.84 Å². The van der Waals surface area contributed by atoms with Gasteiger partial charge in [0, 0.05) is 104 Å². The number of carboxylic acids is 6. The summed E-state index contributed by atoms with van der Waals surface area (Å²) in [5.74, 6) is -23.8. The maximum absolute atomic E-state index is 15.3. The first kappa shape index (κ1) is 114. The van der Waals surface area contributed by atoms with Gasteiger partial charge in [0.25, 0.3) is 0 Å². The smallest absolute Gasteiger partial charge is 0.328 e. The zero-order valence-corrected chi connectivity index (χ0v) is 80.1. The molecule has 25 N–H and O–H groups in total. The third-order valence-electron chi connectivity index (χ3n) is 21.3. The monoisotopic (exact) mass is 2000 g/mol. The molecule has 766 valence electrons. The number of fused-ring (bicyclic) bond motifs is 2. The van der Waals surface area contributed by atoms with Gasteiger partial charge in [0.05, 0.1) is 50.4 Å². The van der Waals surface area contributed by atoms with Gasteiger partial charge in [0.1, 0.15) is 78.2 Å². The lowest BCUT2D eigenvalue weighted by molar-refractivity contribution is -0.145. The van der Waals surface area contributed by atoms with Gasteiger partial charge in [-0.1, -0.05) is 105 Å². The van der Waals surface area contributed by atoms with Crippen LogP contribution < -0.4 is 79.8 Å². The Morgan fingerprint density at radius 2 is 0.929 bits per heavy atom. The van der Waals surface area contributed by atoms with Crippen molar-refractivity contribution in [3.05, 3.63) is 102 Å². The van der Waals surface area contributed by atoms with Crippen LogP contribution in [0.25, 0.3) is 21.8 Å². The normalized spacial score (nSPS) is 14.3. The average molecular weight is 2000 g/mol. The van der Waals surface area contributed by atoms with Crippen molar-refractivity contribution < 1.29 is 136 Å². The molecule has 0 aliphatic carbocycles. The summed E-state index contributed by atoms with van der Waals surface area (Å²) in [6.07, 6.45) is 2.21. The number of aliphatic hydroxyl groups excluding tert-OH is 1. The molecule has 14 atom stereocenters. The Kier molecular flexibility index (Phi) is 47.2. The summed E-state index contributed by atoms with van der Waals surface area (Å²) in [5.41, 5.74) is 3.06. The summed E-state index contributed by atoms with van der Waals surface area (Å²) in [4.78, 5) is 281. The van der Waals surface area contributed by atoms with Crippen LogP contribution in [0.3, 0.4) is 0 Å². The number of aromatic nitrogens is 7. The average Bonchev–Trinajstić information content (AvgIpc) is 1.67. The number of imidazole rings is 1. The maximum Gasteiger partial charge on any atom is 0.328 e. The Labute approximate surface area is 810 Å². The molecule has 0 aliphatic rings. The van der Waals surface area contributed by atoms with Crippen molar-refractivity contribution in [2.45, 2.75) is 257 Å². The molecule has 4 aromatic heterocycles. The highest BCUT2D eigenvalue weighted by molar-refractivity contribution is 8.76. The van der Waals surface area contributed by atoms with Crippen molar-refractivity contribution in [1.29, 1.82) is 0 Å². The van der Waals surface area contributed by atoms with E-state index in [0.29, 0.717) is 66.9 Å². The Hall–Kier alpha value is -14.3. The molecule has 15 amide bonds. The summed E-state index contributed by atoms with van der Waals surface area (Å²) in [6.45, 7) is 12.7. The number of para-hydroxylation sites is 2. The number of urea groups is 1.